The van der Waals surface area contributed by atoms with Gasteiger partial charge in [0.15, 0.2) is 31.0 Å². The Morgan fingerprint density at radius 2 is 0.725 bits per heavy atom. The van der Waals surface area contributed by atoms with Gasteiger partial charge < -0.3 is 0 Å². The van der Waals surface area contributed by atoms with Crippen molar-refractivity contribution >= 4 is 0 Å². The molecule has 0 N–H and O–H groups in total. The van der Waals surface area contributed by atoms with Gasteiger partial charge in [0, 0.05) is 91.4 Å². The van der Waals surface area contributed by atoms with E-state index in [0.29, 0.717) is 30.2 Å². The van der Waals surface area contributed by atoms with Gasteiger partial charge in [-0.2, -0.15) is 0 Å². The summed E-state index contributed by atoms with van der Waals surface area (Å²) in [4.78, 5) is 0. The molecule has 0 aliphatic carbocycles. The van der Waals surface area contributed by atoms with Crippen molar-refractivity contribution < 1.29 is 28.3 Å². The highest BCUT2D eigenvalue weighted by molar-refractivity contribution is 5.65. The fourth-order valence-corrected chi connectivity index (χ4v) is 12.5. The Hall–Kier alpha value is -8.15. The van der Waals surface area contributed by atoms with Gasteiger partial charge >= 0.3 is 0 Å². The van der Waals surface area contributed by atoms with Crippen LogP contribution >= 0.6 is 0 Å². The zero-order valence-electron chi connectivity index (χ0n) is 63.7. The molecule has 10 rings (SSSR count). The molecule has 0 unspecified atom stereocenters. The lowest BCUT2D eigenvalue weighted by Crippen LogP contribution is -2.32. The molecule has 0 saturated heterocycles. The van der Waals surface area contributed by atoms with Crippen LogP contribution in [0.1, 0.15) is 181 Å². The number of nitrogens with zero attached hydrogens (tertiary/aromatic N) is 5. The van der Waals surface area contributed by atoms with E-state index in [0.717, 1.165) is 23.2 Å². The number of hydrogen-bond donors (Lipinski definition) is 0. The Morgan fingerprint density at radius 3 is 1.11 bits per heavy atom. The first-order valence-electron chi connectivity index (χ1n) is 35.2. The lowest BCUT2D eigenvalue weighted by Gasteiger charge is -2.16. The fraction of sp³-hybridized carbons (Fsp3) is 0.360. The molecular formula is C86H112N5+5. The number of benzene rings is 5. The third-order valence-electron chi connectivity index (χ3n) is 18.0. The molecule has 476 valence electrons. The zero-order chi connectivity index (χ0) is 70.2. The summed E-state index contributed by atoms with van der Waals surface area (Å²) in [6.07, 6.45) is 15.1. The van der Waals surface area contributed by atoms with Crippen molar-refractivity contribution in [3.63, 3.8) is 0 Å². The Balaban J connectivity index is 0.000000189. The number of aryl methyl sites for hydroxylation is 17. The molecule has 0 aliphatic rings. The molecule has 0 amide bonds. The largest absolute Gasteiger partial charge is 0.212 e. The standard InChI is InChI=1S/2C19H26N.C17H22N.C16H20N.C15H18N/c2*1-6-16(7-2)18-12-19(20(5)13-15(18)4)17-11-9-8-10-14(17)3;1-12(2)15-7-8-16(14(4)10-15)17-9-6-13(3)11-18(17)5;1-5-14-7-8-15(13(3)10-14)16-9-6-12(2)11-17(16)4;1-11-5-7-14(13(3)9-11)15-8-6-12(2)10-16(15)4/h2*8-13,16H,6-7H2,1-5H3;6-12H,1-5H3;6-11H,5H2,1-4H3;5-10H,1-4H3/q5*+1/i4D3,16D;;;;. The molecule has 5 heterocycles. The van der Waals surface area contributed by atoms with Crippen LogP contribution in [0.4, 0.5) is 0 Å². The van der Waals surface area contributed by atoms with E-state index in [9.17, 15) is 0 Å². The van der Waals surface area contributed by atoms with E-state index in [2.05, 4.69) is 290 Å². The van der Waals surface area contributed by atoms with E-state index in [4.69, 9.17) is 5.48 Å². The van der Waals surface area contributed by atoms with E-state index in [1.807, 2.05) is 62.7 Å². The third-order valence-corrected chi connectivity index (χ3v) is 18.0. The lowest BCUT2D eigenvalue weighted by molar-refractivity contribution is -0.661. The monoisotopic (exact) mass is 1220 g/mol. The van der Waals surface area contributed by atoms with Crippen LogP contribution in [0.25, 0.3) is 56.3 Å². The summed E-state index contributed by atoms with van der Waals surface area (Å²) in [7, 11) is 10.3. The molecule has 0 spiro atoms. The molecule has 5 aromatic heterocycles. The van der Waals surface area contributed by atoms with Crippen molar-refractivity contribution in [3.05, 3.63) is 266 Å². The third kappa shape index (κ3) is 19.0. The van der Waals surface area contributed by atoms with Gasteiger partial charge in [-0.25, -0.2) is 22.8 Å². The zero-order valence-corrected chi connectivity index (χ0v) is 59.7. The smallest absolute Gasteiger partial charge is 0.201 e. The quantitative estimate of drug-likeness (QED) is 0.103. The van der Waals surface area contributed by atoms with Gasteiger partial charge in [-0.1, -0.05) is 127 Å². The van der Waals surface area contributed by atoms with Crippen molar-refractivity contribution in [2.24, 2.45) is 35.2 Å². The van der Waals surface area contributed by atoms with Gasteiger partial charge in [0.05, 0.1) is 0 Å². The molecule has 5 nitrogen and oxygen atoms in total. The van der Waals surface area contributed by atoms with Gasteiger partial charge in [0.2, 0.25) is 28.5 Å². The first kappa shape index (κ1) is 65.8. The van der Waals surface area contributed by atoms with Gasteiger partial charge in [-0.05, 0) is 225 Å². The molecule has 10 aromatic rings. The topological polar surface area (TPSA) is 19.4 Å². The van der Waals surface area contributed by atoms with E-state index < -0.39 is 12.7 Å². The molecule has 5 heteroatoms. The molecule has 5 aromatic carbocycles. The number of pyridine rings is 5. The normalized spacial score (nSPS) is 11.8. The average Bonchev–Trinajstić information content (AvgIpc) is 0.769. The van der Waals surface area contributed by atoms with E-state index in [-0.39, 0.29) is 5.56 Å². The summed E-state index contributed by atoms with van der Waals surface area (Å²) in [6, 6.07) is 54.2. The summed E-state index contributed by atoms with van der Waals surface area (Å²) >= 11 is 0. The Labute approximate surface area is 557 Å². The summed E-state index contributed by atoms with van der Waals surface area (Å²) < 4.78 is 43.2. The Morgan fingerprint density at radius 1 is 0.341 bits per heavy atom. The molecule has 91 heavy (non-hydrogen) atoms. The Bertz CT molecular complexity index is 4170. The second kappa shape index (κ2) is 33.8. The minimum atomic E-state index is -2.23. The maximum atomic E-state index is 8.80. The second-order valence-electron chi connectivity index (χ2n) is 25.6. The summed E-state index contributed by atoms with van der Waals surface area (Å²) in [5.74, 6) is 0.360. The maximum Gasteiger partial charge on any atom is 0.212 e. The molecule has 0 saturated carbocycles. The van der Waals surface area contributed by atoms with E-state index in [1.165, 1.54) is 125 Å². The van der Waals surface area contributed by atoms with Gasteiger partial charge in [0.25, 0.3) is 0 Å². The van der Waals surface area contributed by atoms with Crippen molar-refractivity contribution in [1.29, 1.82) is 0 Å². The first-order valence-corrected chi connectivity index (χ1v) is 33.2. The van der Waals surface area contributed by atoms with Crippen molar-refractivity contribution in [1.82, 2.24) is 0 Å². The van der Waals surface area contributed by atoms with Crippen LogP contribution in [0.3, 0.4) is 0 Å². The summed E-state index contributed by atoms with van der Waals surface area (Å²) in [5, 5.41) is 0. The number of rotatable bonds is 13. The van der Waals surface area contributed by atoms with Crippen molar-refractivity contribution in [3.8, 4) is 56.3 Å². The molecular weight excluding hydrogens is 1100 g/mol. The Kier molecular flexibility index (Phi) is 24.4. The van der Waals surface area contributed by atoms with Crippen molar-refractivity contribution in [2.45, 2.75) is 174 Å². The predicted octanol–water partition coefficient (Wildman–Crippen LogP) is 19.8. The van der Waals surface area contributed by atoms with Gasteiger partial charge in [-0.15, -0.1) is 0 Å². The van der Waals surface area contributed by atoms with E-state index >= 15 is 0 Å². The minimum Gasteiger partial charge on any atom is -0.201 e. The number of hydrogen-bond acceptors (Lipinski definition) is 0. The highest BCUT2D eigenvalue weighted by atomic mass is 14.9. The SMILES string of the molecule is CCC(CC)c1cc(-c2ccccc2C)[n+](C)cc1C.CCc1ccc(-c2ccc(C)c[n+]2C)c(C)c1.Cc1ccc(-c2ccc(C(C)C)cc2C)[n+](C)c1.Cc1ccc(-c2ccc(C)c[n+]2C)c(C)c1.[2H]C([2H])([2H])c1c[n+](C)c(-c2ccccc2C)cc1C([2H])(CC)CC. The predicted molar refractivity (Wildman–Crippen MR) is 387 cm³/mol. The van der Waals surface area contributed by atoms with Crippen LogP contribution < -0.4 is 22.8 Å². The maximum absolute atomic E-state index is 8.80. The average molecular weight is 1220 g/mol. The lowest BCUT2D eigenvalue weighted by atomic mass is 9.90. The second-order valence-corrected chi connectivity index (χ2v) is 25.6. The van der Waals surface area contributed by atoms with Crippen molar-refractivity contribution in [2.75, 3.05) is 0 Å². The minimum absolute atomic E-state index is 0.279. The van der Waals surface area contributed by atoms with Crippen LogP contribution in [0.5, 0.6) is 0 Å². The highest BCUT2D eigenvalue weighted by Crippen LogP contribution is 2.32. The molecule has 0 radical (unpaired) electrons. The van der Waals surface area contributed by atoms with Crippen LogP contribution in [-0.4, -0.2) is 0 Å². The molecule has 0 atom stereocenters. The molecule has 0 fully saturated rings. The fourth-order valence-electron chi connectivity index (χ4n) is 12.5. The van der Waals surface area contributed by atoms with E-state index in [1.54, 1.807) is 6.20 Å². The van der Waals surface area contributed by atoms with Crippen LogP contribution in [0.15, 0.2) is 183 Å². The first-order chi connectivity index (χ1) is 44.9. The van der Waals surface area contributed by atoms with Crippen LogP contribution in [0, 0.1) is 76.1 Å². The van der Waals surface area contributed by atoms with Gasteiger partial charge in [-0.3, -0.25) is 0 Å². The molecule has 0 bridgehead atoms. The summed E-state index contributed by atoms with van der Waals surface area (Å²) in [6.45, 7) is 34.4. The number of aromatic nitrogens is 5. The summed E-state index contributed by atoms with van der Waals surface area (Å²) in [5.41, 5.74) is 30.7. The highest BCUT2D eigenvalue weighted by Gasteiger charge is 2.22. The van der Waals surface area contributed by atoms with Crippen LogP contribution in [-0.2, 0) is 41.7 Å². The molecule has 0 aliphatic heterocycles. The van der Waals surface area contributed by atoms with Crippen LogP contribution in [0.2, 0.25) is 0 Å². The van der Waals surface area contributed by atoms with Gasteiger partial charge in [0.1, 0.15) is 35.2 Å².